The van der Waals surface area contributed by atoms with Crippen molar-refractivity contribution in [2.75, 3.05) is 19.8 Å². The zero-order valence-corrected chi connectivity index (χ0v) is 13.5. The van der Waals surface area contributed by atoms with Crippen LogP contribution < -0.4 is 4.74 Å². The Bertz CT molecular complexity index is 625. The molecule has 23 heavy (non-hydrogen) atoms. The van der Waals surface area contributed by atoms with Crippen LogP contribution in [0.1, 0.15) is 41.5 Å². The molecule has 0 atom stereocenters. The van der Waals surface area contributed by atoms with E-state index >= 15 is 0 Å². The lowest BCUT2D eigenvalue weighted by molar-refractivity contribution is 0.0522. The molecule has 0 saturated carbocycles. The molecule has 5 nitrogen and oxygen atoms in total. The first-order chi connectivity index (χ1) is 11.2. The van der Waals surface area contributed by atoms with Gasteiger partial charge in [0.1, 0.15) is 16.9 Å². The molecule has 0 aromatic heterocycles. The molecule has 0 aromatic carbocycles. The van der Waals surface area contributed by atoms with Crippen LogP contribution in [0.4, 0.5) is 0 Å². The quantitative estimate of drug-likeness (QED) is 0.763. The molecule has 0 fully saturated rings. The number of fused-ring (bicyclic) bond motifs is 1. The minimum absolute atomic E-state index is 0.227. The predicted molar refractivity (Wildman–Crippen MR) is 86.1 cm³/mol. The van der Waals surface area contributed by atoms with Gasteiger partial charge in [0.05, 0.1) is 19.8 Å². The molecule has 0 radical (unpaired) electrons. The first-order valence-electron chi connectivity index (χ1n) is 7.67. The molecule has 0 aromatic rings. The Morgan fingerprint density at radius 3 is 1.65 bits per heavy atom. The van der Waals surface area contributed by atoms with Crippen LogP contribution in [-0.2, 0) is 9.47 Å². The lowest BCUT2D eigenvalue weighted by atomic mass is 10.1. The van der Waals surface area contributed by atoms with Crippen LogP contribution >= 0.6 is 0 Å². The summed E-state index contributed by atoms with van der Waals surface area (Å²) >= 11 is 0. The third kappa shape index (κ3) is 3.28. The topological polar surface area (TPSA) is 61.8 Å². The molecular weight excluding hydrogens is 296 g/mol. The van der Waals surface area contributed by atoms with Gasteiger partial charge < -0.3 is 14.2 Å². The number of ether oxygens (including phenoxy) is 3. The van der Waals surface area contributed by atoms with Crippen molar-refractivity contribution in [2.45, 2.75) is 20.8 Å². The highest BCUT2D eigenvalue weighted by Crippen LogP contribution is 2.42. The number of esters is 2. The van der Waals surface area contributed by atoms with Crippen LogP contribution in [0.25, 0.3) is 11.1 Å². The van der Waals surface area contributed by atoms with Gasteiger partial charge in [-0.15, -0.1) is 0 Å². The van der Waals surface area contributed by atoms with Crippen molar-refractivity contribution in [2.24, 2.45) is 0 Å². The highest BCUT2D eigenvalue weighted by molar-refractivity contribution is 6.12. The van der Waals surface area contributed by atoms with Crippen molar-refractivity contribution in [3.63, 3.8) is 0 Å². The molecule has 0 amide bonds. The van der Waals surface area contributed by atoms with Gasteiger partial charge in [-0.2, -0.15) is 0 Å². The lowest BCUT2D eigenvalue weighted by Crippen LogP contribution is -2.09. The summed E-state index contributed by atoms with van der Waals surface area (Å²) in [5.41, 5.74) is 1.76. The summed E-state index contributed by atoms with van der Waals surface area (Å²) in [6.45, 7) is 6.06. The molecule has 0 saturated heterocycles. The van der Waals surface area contributed by atoms with Gasteiger partial charge in [0, 0.05) is 11.1 Å². The lowest BCUT2D eigenvalue weighted by Gasteiger charge is -2.08. The number of carbonyl (C=O) groups excluding carboxylic acids is 2. The van der Waals surface area contributed by atoms with Crippen molar-refractivity contribution in [1.29, 1.82) is 0 Å². The van der Waals surface area contributed by atoms with Crippen LogP contribution in [0.2, 0.25) is 0 Å². The van der Waals surface area contributed by atoms with Crippen molar-refractivity contribution in [3.05, 3.63) is 41.5 Å². The zero-order valence-electron chi connectivity index (χ0n) is 13.5. The minimum Gasteiger partial charge on any atom is -0.492 e. The van der Waals surface area contributed by atoms with Gasteiger partial charge in [-0.3, -0.25) is 0 Å². The van der Waals surface area contributed by atoms with E-state index in [4.69, 9.17) is 14.2 Å². The van der Waals surface area contributed by atoms with Gasteiger partial charge in [-0.25, -0.2) is 9.59 Å². The van der Waals surface area contributed by atoms with Gasteiger partial charge >= 0.3 is 11.9 Å². The Kier molecular flexibility index (Phi) is 5.57. The first-order valence-corrected chi connectivity index (χ1v) is 7.67. The number of carbonyl (C=O) groups is 2. The van der Waals surface area contributed by atoms with Gasteiger partial charge in [-0.05, 0) is 20.8 Å². The maximum absolute atomic E-state index is 12.4. The molecule has 0 N–H and O–H groups in total. The van der Waals surface area contributed by atoms with E-state index in [0.717, 1.165) is 0 Å². The van der Waals surface area contributed by atoms with Crippen molar-refractivity contribution in [1.82, 2.24) is 0 Å². The molecule has 0 heterocycles. The molecule has 0 unspecified atom stereocenters. The first kappa shape index (κ1) is 16.8. The largest absolute Gasteiger partial charge is 0.492 e. The normalized spacial score (nSPS) is 10.4. The maximum Gasteiger partial charge on any atom is 0.342 e. The summed E-state index contributed by atoms with van der Waals surface area (Å²) in [5, 5.41) is 0. The van der Waals surface area contributed by atoms with Gasteiger partial charge in [-0.1, -0.05) is 30.3 Å². The van der Waals surface area contributed by atoms with E-state index in [1.165, 1.54) is 0 Å². The summed E-state index contributed by atoms with van der Waals surface area (Å²) in [6, 6.07) is 8.97. The second-order valence-electron chi connectivity index (χ2n) is 4.69. The Hall–Kier alpha value is -2.56. The van der Waals surface area contributed by atoms with E-state index in [-0.39, 0.29) is 30.1 Å². The predicted octanol–water partition coefficient (Wildman–Crippen LogP) is 3.54. The minimum atomic E-state index is -0.511. The Labute approximate surface area is 135 Å². The third-order valence-electron chi connectivity index (χ3n) is 3.28. The van der Waals surface area contributed by atoms with Crippen molar-refractivity contribution >= 4 is 11.9 Å². The van der Waals surface area contributed by atoms with Crippen LogP contribution in [0.5, 0.6) is 5.75 Å². The molecular formula is C18H20O5. The zero-order chi connectivity index (χ0) is 16.8. The summed E-state index contributed by atoms with van der Waals surface area (Å²) in [6.07, 6.45) is 0. The smallest absolute Gasteiger partial charge is 0.342 e. The van der Waals surface area contributed by atoms with E-state index in [0.29, 0.717) is 17.7 Å². The number of hydrogen-bond donors (Lipinski definition) is 0. The van der Waals surface area contributed by atoms with Crippen molar-refractivity contribution in [3.8, 4) is 16.9 Å². The maximum atomic E-state index is 12.4. The standard InChI is InChI=1S/C18H20O5/c1-4-21-16-14(17(19)22-5-2)12-10-8-7-9-11-13(12)15(16)18(20)23-6-3/h7-11H,4-6H2,1-3H3. The Morgan fingerprint density at radius 2 is 1.26 bits per heavy atom. The molecule has 122 valence electrons. The van der Waals surface area contributed by atoms with E-state index in [1.807, 2.05) is 6.07 Å². The average Bonchev–Trinajstić information content (AvgIpc) is 2.66. The van der Waals surface area contributed by atoms with Crippen LogP contribution in [0, 0.1) is 0 Å². The van der Waals surface area contributed by atoms with Gasteiger partial charge in [0.15, 0.2) is 0 Å². The van der Waals surface area contributed by atoms with E-state index in [2.05, 4.69) is 0 Å². The number of rotatable bonds is 6. The average molecular weight is 316 g/mol. The van der Waals surface area contributed by atoms with E-state index in [1.54, 1.807) is 45.0 Å². The molecule has 2 aliphatic rings. The van der Waals surface area contributed by atoms with Gasteiger partial charge in [0.2, 0.25) is 0 Å². The highest BCUT2D eigenvalue weighted by atomic mass is 16.5. The summed E-state index contributed by atoms with van der Waals surface area (Å²) in [4.78, 5) is 24.8. The van der Waals surface area contributed by atoms with Gasteiger partial charge in [0.25, 0.3) is 0 Å². The van der Waals surface area contributed by atoms with Crippen molar-refractivity contribution < 1.29 is 23.8 Å². The molecule has 5 heteroatoms. The Balaban J connectivity index is 2.75. The monoisotopic (exact) mass is 316 g/mol. The molecule has 0 aliphatic heterocycles. The van der Waals surface area contributed by atoms with Crippen LogP contribution in [0.3, 0.4) is 0 Å². The fourth-order valence-corrected chi connectivity index (χ4v) is 2.45. The molecule has 2 aliphatic carbocycles. The van der Waals surface area contributed by atoms with Crippen LogP contribution in [0.15, 0.2) is 30.3 Å². The summed E-state index contributed by atoms with van der Waals surface area (Å²) < 4.78 is 15.9. The highest BCUT2D eigenvalue weighted by Gasteiger charge is 2.33. The Morgan fingerprint density at radius 1 is 0.783 bits per heavy atom. The second-order valence-corrected chi connectivity index (χ2v) is 4.69. The number of hydrogen-bond acceptors (Lipinski definition) is 5. The molecule has 2 rings (SSSR count). The summed E-state index contributed by atoms with van der Waals surface area (Å²) in [7, 11) is 0. The molecule has 0 bridgehead atoms. The molecule has 0 spiro atoms. The summed E-state index contributed by atoms with van der Waals surface area (Å²) in [5.74, 6) is -0.795. The SMILES string of the molecule is CCOC(=O)c1c2cccccc-2c(C(=O)OCC)c1OCC. The van der Waals surface area contributed by atoms with Crippen LogP contribution in [-0.4, -0.2) is 31.8 Å². The third-order valence-corrected chi connectivity index (χ3v) is 3.28. The van der Waals surface area contributed by atoms with E-state index in [9.17, 15) is 9.59 Å². The fraction of sp³-hybridized carbons (Fsp3) is 0.333. The second kappa shape index (κ2) is 7.63. The van der Waals surface area contributed by atoms with E-state index < -0.39 is 11.9 Å². The fourth-order valence-electron chi connectivity index (χ4n) is 2.45.